The zero-order valence-corrected chi connectivity index (χ0v) is 19.2. The van der Waals surface area contributed by atoms with Crippen LogP contribution in [0.5, 0.6) is 5.75 Å². The Morgan fingerprint density at radius 1 is 0.971 bits per heavy atom. The molecule has 35 heavy (non-hydrogen) atoms. The van der Waals surface area contributed by atoms with E-state index >= 15 is 0 Å². The molecule has 1 aliphatic rings. The van der Waals surface area contributed by atoms with Crippen molar-refractivity contribution in [3.8, 4) is 5.75 Å². The van der Waals surface area contributed by atoms with Crippen LogP contribution in [0.3, 0.4) is 0 Å². The Balaban J connectivity index is 1.28. The Morgan fingerprint density at radius 3 is 2.43 bits per heavy atom. The molecule has 0 N–H and O–H groups in total. The van der Waals surface area contributed by atoms with E-state index in [9.17, 15) is 14.9 Å². The van der Waals surface area contributed by atoms with Gasteiger partial charge in [0.2, 0.25) is 0 Å². The third kappa shape index (κ3) is 4.87. The van der Waals surface area contributed by atoms with Crippen molar-refractivity contribution in [1.29, 1.82) is 0 Å². The maximum Gasteiger partial charge on any atom is 0.282 e. The first-order valence-electron chi connectivity index (χ1n) is 11.7. The summed E-state index contributed by atoms with van der Waals surface area (Å²) in [7, 11) is 0. The van der Waals surface area contributed by atoms with Crippen molar-refractivity contribution in [1.82, 2.24) is 14.5 Å². The molecule has 3 aromatic carbocycles. The average Bonchev–Trinajstić information content (AvgIpc) is 3.25. The highest BCUT2D eigenvalue weighted by atomic mass is 16.6. The van der Waals surface area contributed by atoms with Crippen LogP contribution in [-0.2, 0) is 13.2 Å². The second kappa shape index (κ2) is 9.97. The summed E-state index contributed by atoms with van der Waals surface area (Å²) in [6, 6.07) is 23.9. The van der Waals surface area contributed by atoms with Gasteiger partial charge in [-0.05, 0) is 49.1 Å². The number of imidazole rings is 1. The average molecular weight is 471 g/mol. The van der Waals surface area contributed by atoms with Gasteiger partial charge in [0.1, 0.15) is 23.7 Å². The summed E-state index contributed by atoms with van der Waals surface area (Å²) < 4.78 is 8.21. The molecule has 0 unspecified atom stereocenters. The Hall–Kier alpha value is -4.20. The normalized spacial score (nSPS) is 14.2. The highest BCUT2D eigenvalue weighted by Gasteiger charge is 2.28. The first kappa shape index (κ1) is 22.6. The number of fused-ring (bicyclic) bond motifs is 1. The summed E-state index contributed by atoms with van der Waals surface area (Å²) in [5.41, 5.74) is 2.00. The van der Waals surface area contributed by atoms with Gasteiger partial charge in [-0.2, -0.15) is 0 Å². The Bertz CT molecular complexity index is 1340. The van der Waals surface area contributed by atoms with Gasteiger partial charge in [-0.25, -0.2) is 4.98 Å². The zero-order chi connectivity index (χ0) is 24.2. The number of nitrogens with zero attached hydrogens (tertiary/aromatic N) is 4. The van der Waals surface area contributed by atoms with Crippen molar-refractivity contribution in [3.63, 3.8) is 0 Å². The molecule has 0 spiro atoms. The van der Waals surface area contributed by atoms with Crippen LogP contribution in [0.25, 0.3) is 11.0 Å². The smallest absolute Gasteiger partial charge is 0.282 e. The van der Waals surface area contributed by atoms with Crippen LogP contribution in [0.4, 0.5) is 5.69 Å². The van der Waals surface area contributed by atoms with Gasteiger partial charge in [-0.15, -0.1) is 0 Å². The number of rotatable bonds is 7. The van der Waals surface area contributed by atoms with Crippen LogP contribution in [-0.4, -0.2) is 38.4 Å². The number of hydrogen-bond donors (Lipinski definition) is 0. The molecule has 1 fully saturated rings. The minimum Gasteiger partial charge on any atom is -0.486 e. The summed E-state index contributed by atoms with van der Waals surface area (Å²) in [5.74, 6) is 1.75. The molecule has 4 aromatic rings. The van der Waals surface area contributed by atoms with E-state index in [1.165, 1.54) is 12.1 Å². The molecule has 8 nitrogen and oxygen atoms in total. The van der Waals surface area contributed by atoms with E-state index in [0.717, 1.165) is 42.0 Å². The van der Waals surface area contributed by atoms with Gasteiger partial charge in [0.05, 0.1) is 16.0 Å². The summed E-state index contributed by atoms with van der Waals surface area (Å²) in [6.07, 6.45) is 1.63. The van der Waals surface area contributed by atoms with Crippen molar-refractivity contribution in [3.05, 3.63) is 100 Å². The second-order valence-electron chi connectivity index (χ2n) is 8.74. The van der Waals surface area contributed by atoms with E-state index in [1.807, 2.05) is 48.5 Å². The largest absolute Gasteiger partial charge is 0.486 e. The maximum atomic E-state index is 13.0. The fourth-order valence-electron chi connectivity index (χ4n) is 4.66. The predicted molar refractivity (Wildman–Crippen MR) is 132 cm³/mol. The van der Waals surface area contributed by atoms with Crippen molar-refractivity contribution in [2.75, 3.05) is 13.1 Å². The lowest BCUT2D eigenvalue weighted by Gasteiger charge is -2.32. The molecule has 8 heteroatoms. The molecule has 0 aliphatic carbocycles. The van der Waals surface area contributed by atoms with E-state index in [1.54, 1.807) is 17.0 Å². The molecular weight excluding hydrogens is 444 g/mol. The van der Waals surface area contributed by atoms with E-state index < -0.39 is 4.92 Å². The molecule has 0 bridgehead atoms. The third-order valence-corrected chi connectivity index (χ3v) is 6.52. The summed E-state index contributed by atoms with van der Waals surface area (Å²) >= 11 is 0. The zero-order valence-electron chi connectivity index (χ0n) is 19.2. The number of aromatic nitrogens is 2. The Morgan fingerprint density at radius 2 is 1.66 bits per heavy atom. The number of benzene rings is 3. The van der Waals surface area contributed by atoms with Crippen LogP contribution in [0.1, 0.15) is 29.0 Å². The number of nitro benzene ring substituents is 1. The summed E-state index contributed by atoms with van der Waals surface area (Å²) in [5, 5.41) is 11.3. The quantitative estimate of drug-likeness (QED) is 0.278. The molecule has 0 atom stereocenters. The molecule has 0 saturated carbocycles. The van der Waals surface area contributed by atoms with Gasteiger partial charge >= 0.3 is 0 Å². The molecule has 1 aliphatic heterocycles. The molecule has 1 saturated heterocycles. The summed E-state index contributed by atoms with van der Waals surface area (Å²) in [4.78, 5) is 30.4. The van der Waals surface area contributed by atoms with E-state index in [0.29, 0.717) is 25.6 Å². The lowest BCUT2D eigenvalue weighted by Crippen LogP contribution is -2.39. The molecule has 2 heterocycles. The van der Waals surface area contributed by atoms with Crippen molar-refractivity contribution in [2.24, 2.45) is 5.92 Å². The number of carbonyl (C=O) groups excluding carboxylic acids is 1. The maximum absolute atomic E-state index is 13.0. The number of hydrogen-bond acceptors (Lipinski definition) is 5. The minimum atomic E-state index is -0.497. The van der Waals surface area contributed by atoms with Crippen LogP contribution < -0.4 is 4.74 Å². The fraction of sp³-hybridized carbons (Fsp3) is 0.259. The van der Waals surface area contributed by atoms with Gasteiger partial charge < -0.3 is 14.2 Å². The molecule has 1 amide bonds. The van der Waals surface area contributed by atoms with Crippen molar-refractivity contribution in [2.45, 2.75) is 26.0 Å². The standard InChI is InChI=1S/C27H26N4O4/c32-27(22-10-4-6-12-24(22)31(33)34)29-16-14-20(15-17-29)18-30-25-13-7-5-11-23(25)28-26(30)19-35-21-8-2-1-3-9-21/h1-13,20H,14-19H2. The first-order chi connectivity index (χ1) is 17.1. The topological polar surface area (TPSA) is 90.5 Å². The molecule has 178 valence electrons. The number of likely N-dealkylation sites (tertiary alicyclic amines) is 1. The molecule has 5 rings (SSSR count). The van der Waals surface area contributed by atoms with Gasteiger partial charge in [0.15, 0.2) is 0 Å². The number of carbonyl (C=O) groups is 1. The highest BCUT2D eigenvalue weighted by molar-refractivity contribution is 5.98. The van der Waals surface area contributed by atoms with Gasteiger partial charge in [0, 0.05) is 25.7 Å². The third-order valence-electron chi connectivity index (χ3n) is 6.52. The molecular formula is C27H26N4O4. The lowest BCUT2D eigenvalue weighted by atomic mass is 9.96. The van der Waals surface area contributed by atoms with Gasteiger partial charge in [-0.1, -0.05) is 42.5 Å². The lowest BCUT2D eigenvalue weighted by molar-refractivity contribution is -0.385. The van der Waals surface area contributed by atoms with Crippen molar-refractivity contribution >= 4 is 22.6 Å². The fourth-order valence-corrected chi connectivity index (χ4v) is 4.66. The van der Waals surface area contributed by atoms with Crippen molar-refractivity contribution < 1.29 is 14.5 Å². The number of piperidine rings is 1. The van der Waals surface area contributed by atoms with Gasteiger partial charge in [0.25, 0.3) is 11.6 Å². The Kier molecular flexibility index (Phi) is 6.43. The molecule has 0 radical (unpaired) electrons. The molecule has 1 aromatic heterocycles. The number of para-hydroxylation sites is 4. The van der Waals surface area contributed by atoms with Crippen LogP contribution in [0.15, 0.2) is 78.9 Å². The first-order valence-corrected chi connectivity index (χ1v) is 11.7. The number of amides is 1. The van der Waals surface area contributed by atoms with Crippen LogP contribution in [0, 0.1) is 16.0 Å². The van der Waals surface area contributed by atoms with Crippen LogP contribution >= 0.6 is 0 Å². The van der Waals surface area contributed by atoms with Gasteiger partial charge in [-0.3, -0.25) is 14.9 Å². The number of ether oxygens (including phenoxy) is 1. The predicted octanol–water partition coefficient (Wildman–Crippen LogP) is 5.08. The van der Waals surface area contributed by atoms with Crippen LogP contribution in [0.2, 0.25) is 0 Å². The van der Waals surface area contributed by atoms with E-state index in [4.69, 9.17) is 9.72 Å². The summed E-state index contributed by atoms with van der Waals surface area (Å²) in [6.45, 7) is 2.28. The number of nitro groups is 1. The SMILES string of the molecule is O=C(c1ccccc1[N+](=O)[O-])N1CCC(Cn2c(COc3ccccc3)nc3ccccc32)CC1. The highest BCUT2D eigenvalue weighted by Crippen LogP contribution is 2.27. The van der Waals surface area contributed by atoms with E-state index in [-0.39, 0.29) is 17.2 Å². The second-order valence-corrected chi connectivity index (χ2v) is 8.74. The minimum absolute atomic E-state index is 0.146. The Labute approximate surface area is 202 Å². The monoisotopic (exact) mass is 470 g/mol. The van der Waals surface area contributed by atoms with E-state index in [2.05, 4.69) is 10.6 Å².